The Morgan fingerprint density at radius 2 is 2.50 bits per heavy atom. The van der Waals surface area contributed by atoms with Crippen LogP contribution in [-0.4, -0.2) is 0 Å². The van der Waals surface area contributed by atoms with E-state index in [1.807, 2.05) is 5.57 Å². The van der Waals surface area contributed by atoms with Crippen LogP contribution in [0.25, 0.3) is 0 Å². The van der Waals surface area contributed by atoms with E-state index in [-0.39, 0.29) is 0 Å². The lowest BCUT2D eigenvalue weighted by Crippen LogP contribution is -2.78. The van der Waals surface area contributed by atoms with E-state index in [2.05, 4.69) is 13.0 Å². The van der Waals surface area contributed by atoms with Crippen molar-refractivity contribution in [1.29, 1.82) is 0 Å². The summed E-state index contributed by atoms with van der Waals surface area (Å²) < 4.78 is 0. The molecule has 0 aromatic heterocycles. The first-order chi connectivity index (χ1) is 4.77. The van der Waals surface area contributed by atoms with Crippen molar-refractivity contribution in [3.05, 3.63) is 11.6 Å². The molecule has 4 atom stereocenters. The maximum atomic E-state index is 2.55. The Hall–Kier alpha value is -0.260. The van der Waals surface area contributed by atoms with Crippen LogP contribution in [0.5, 0.6) is 0 Å². The van der Waals surface area contributed by atoms with E-state index in [1.54, 1.807) is 12.8 Å². The number of rotatable bonds is 0. The molecule has 3 fully saturated rings. The van der Waals surface area contributed by atoms with E-state index in [0.717, 1.165) is 22.7 Å². The van der Waals surface area contributed by atoms with Crippen molar-refractivity contribution in [3.63, 3.8) is 0 Å². The summed E-state index contributed by atoms with van der Waals surface area (Å²) in [5, 5.41) is 0. The molecular weight excluding hydrogens is 120 g/mol. The van der Waals surface area contributed by atoms with Crippen LogP contribution >= 0.6 is 0 Å². The van der Waals surface area contributed by atoms with E-state index in [9.17, 15) is 0 Å². The molecule has 0 nitrogen and oxygen atoms in total. The van der Waals surface area contributed by atoms with Crippen molar-refractivity contribution in [2.45, 2.75) is 26.2 Å². The van der Waals surface area contributed by atoms with Gasteiger partial charge in [0, 0.05) is 5.41 Å². The van der Waals surface area contributed by atoms with Gasteiger partial charge in [0.05, 0.1) is 0 Å². The molecule has 0 radical (unpaired) electrons. The minimum absolute atomic E-state index is 0.810. The second-order valence-corrected chi connectivity index (χ2v) is 5.04. The third-order valence-electron chi connectivity index (χ3n) is 4.98. The molecule has 4 rings (SSSR count). The van der Waals surface area contributed by atoms with Crippen LogP contribution in [0.3, 0.4) is 0 Å². The summed E-state index contributed by atoms with van der Waals surface area (Å²) in [6.07, 6.45) is 7.11. The third kappa shape index (κ3) is 0.176. The first kappa shape index (κ1) is 4.58. The molecule has 10 heavy (non-hydrogen) atoms. The fourth-order valence-electron chi connectivity index (χ4n) is 4.70. The molecule has 0 bridgehead atoms. The van der Waals surface area contributed by atoms with Crippen LogP contribution in [0.1, 0.15) is 26.2 Å². The van der Waals surface area contributed by atoms with Crippen LogP contribution in [0, 0.1) is 22.7 Å². The molecule has 1 spiro atoms. The molecule has 0 aliphatic heterocycles. The van der Waals surface area contributed by atoms with Gasteiger partial charge < -0.3 is 0 Å². The topological polar surface area (TPSA) is 0 Å². The summed E-state index contributed by atoms with van der Waals surface area (Å²) in [6, 6.07) is 0. The number of allylic oxidation sites excluding steroid dienone is 2. The molecule has 52 valence electrons. The lowest BCUT2D eigenvalue weighted by molar-refractivity contribution is -0.285. The van der Waals surface area contributed by atoms with Gasteiger partial charge in [-0.15, -0.1) is 0 Å². The summed E-state index contributed by atoms with van der Waals surface area (Å²) >= 11 is 0. The predicted octanol–water partition coefficient (Wildman–Crippen LogP) is 2.36. The first-order valence-electron chi connectivity index (χ1n) is 4.48. The molecule has 0 aromatic carbocycles. The van der Waals surface area contributed by atoms with E-state index in [1.165, 1.54) is 6.42 Å². The van der Waals surface area contributed by atoms with Crippen molar-refractivity contribution in [3.8, 4) is 0 Å². The average molecular weight is 132 g/mol. The van der Waals surface area contributed by atoms with Gasteiger partial charge in [-0.2, -0.15) is 0 Å². The molecule has 4 aliphatic carbocycles. The number of hydrogen-bond donors (Lipinski definition) is 0. The molecule has 0 heterocycles. The molecule has 4 unspecified atom stereocenters. The average Bonchev–Trinajstić information content (AvgIpc) is 1.73. The smallest absolute Gasteiger partial charge is 0.00606 e. The summed E-state index contributed by atoms with van der Waals surface area (Å²) in [6.45, 7) is 2.51. The molecule has 4 aliphatic rings. The van der Waals surface area contributed by atoms with Gasteiger partial charge in [0.2, 0.25) is 0 Å². The monoisotopic (exact) mass is 132 g/mol. The van der Waals surface area contributed by atoms with Crippen molar-refractivity contribution in [2.24, 2.45) is 22.7 Å². The van der Waals surface area contributed by atoms with Crippen molar-refractivity contribution in [2.75, 3.05) is 0 Å². The maximum absolute atomic E-state index is 2.55. The molecule has 0 aromatic rings. The maximum Gasteiger partial charge on any atom is 0.00606 e. The highest BCUT2D eigenvalue weighted by atomic mass is 14.9. The third-order valence-corrected chi connectivity index (χ3v) is 4.98. The summed E-state index contributed by atoms with van der Waals surface area (Å²) in [5.74, 6) is 2.20. The van der Waals surface area contributed by atoms with Gasteiger partial charge in [-0.3, -0.25) is 0 Å². The van der Waals surface area contributed by atoms with Crippen LogP contribution in [-0.2, 0) is 0 Å². The van der Waals surface area contributed by atoms with Gasteiger partial charge in [0.15, 0.2) is 0 Å². The van der Waals surface area contributed by atoms with Gasteiger partial charge >= 0.3 is 0 Å². The largest absolute Gasteiger partial charge is 0.0807 e. The highest BCUT2D eigenvalue weighted by Gasteiger charge is 2.82. The summed E-state index contributed by atoms with van der Waals surface area (Å²) in [5.41, 5.74) is 3.51. The van der Waals surface area contributed by atoms with Crippen molar-refractivity contribution in [1.82, 2.24) is 0 Å². The fraction of sp³-hybridized carbons (Fsp3) is 0.800. The van der Waals surface area contributed by atoms with Crippen LogP contribution in [0.2, 0.25) is 0 Å². The predicted molar refractivity (Wildman–Crippen MR) is 39.5 cm³/mol. The lowest BCUT2D eigenvalue weighted by atomic mass is 9.18. The summed E-state index contributed by atoms with van der Waals surface area (Å²) in [4.78, 5) is 0. The summed E-state index contributed by atoms with van der Waals surface area (Å²) in [7, 11) is 0. The zero-order chi connectivity index (χ0) is 6.56. The van der Waals surface area contributed by atoms with E-state index < -0.39 is 0 Å². The molecule has 0 amide bonds. The normalized spacial score (nSPS) is 72.7. The minimum Gasteiger partial charge on any atom is -0.0807 e. The molecule has 3 saturated carbocycles. The zero-order valence-corrected chi connectivity index (χ0v) is 6.35. The highest BCUT2D eigenvalue weighted by Crippen LogP contribution is 2.90. The zero-order valence-electron chi connectivity index (χ0n) is 6.35. The Kier molecular flexibility index (Phi) is 0.392. The lowest BCUT2D eigenvalue weighted by Gasteiger charge is -2.86. The Morgan fingerprint density at radius 3 is 2.90 bits per heavy atom. The molecule has 0 N–H and O–H groups in total. The van der Waals surface area contributed by atoms with Crippen LogP contribution < -0.4 is 0 Å². The minimum atomic E-state index is 0.810. The fourth-order valence-corrected chi connectivity index (χ4v) is 4.70. The van der Waals surface area contributed by atoms with Gasteiger partial charge in [0.25, 0.3) is 0 Å². The van der Waals surface area contributed by atoms with Gasteiger partial charge in [-0.25, -0.2) is 0 Å². The molecular formula is C10H12. The van der Waals surface area contributed by atoms with E-state index in [4.69, 9.17) is 0 Å². The SMILES string of the molecule is CC12CC3=CC4CC(C1)C342. The molecule has 0 saturated heterocycles. The second-order valence-electron chi connectivity index (χ2n) is 5.04. The van der Waals surface area contributed by atoms with Gasteiger partial charge in [-0.1, -0.05) is 18.6 Å². The Morgan fingerprint density at radius 1 is 1.60 bits per heavy atom. The Balaban J connectivity index is 1.99. The number of hydrogen-bond acceptors (Lipinski definition) is 0. The van der Waals surface area contributed by atoms with Crippen LogP contribution in [0.15, 0.2) is 11.6 Å². The van der Waals surface area contributed by atoms with Gasteiger partial charge in [0.1, 0.15) is 0 Å². The quantitative estimate of drug-likeness (QED) is 0.444. The molecule has 0 heteroatoms. The van der Waals surface area contributed by atoms with Crippen LogP contribution in [0.4, 0.5) is 0 Å². The van der Waals surface area contributed by atoms with Crippen molar-refractivity contribution < 1.29 is 0 Å². The first-order valence-corrected chi connectivity index (χ1v) is 4.48. The second kappa shape index (κ2) is 0.855. The van der Waals surface area contributed by atoms with Crippen molar-refractivity contribution >= 4 is 0 Å². The van der Waals surface area contributed by atoms with E-state index >= 15 is 0 Å². The Bertz CT molecular complexity index is 276. The standard InChI is InChI=1S/C10H12/c1-9-4-7-2-6-3-8(5-9)10(6,7)9/h2,6,8H,3-5H2,1H3. The Labute approximate surface area is 61.3 Å². The van der Waals surface area contributed by atoms with Gasteiger partial charge in [-0.05, 0) is 36.5 Å². The van der Waals surface area contributed by atoms with E-state index in [0.29, 0.717) is 0 Å². The highest BCUT2D eigenvalue weighted by molar-refractivity contribution is 5.53.